The first-order chi connectivity index (χ1) is 9.56. The number of aromatic nitrogens is 1. The van der Waals surface area contributed by atoms with Gasteiger partial charge in [-0.1, -0.05) is 0 Å². The van der Waals surface area contributed by atoms with Crippen LogP contribution in [0.15, 0.2) is 24.4 Å². The van der Waals surface area contributed by atoms with Gasteiger partial charge in [-0.25, -0.2) is 9.78 Å². The van der Waals surface area contributed by atoms with Crippen LogP contribution >= 0.6 is 0 Å². The molecule has 2 rings (SSSR count). The van der Waals surface area contributed by atoms with Crippen LogP contribution in [-0.2, 0) is 4.79 Å². The number of hydrogen-bond acceptors (Lipinski definition) is 4. The van der Waals surface area contributed by atoms with Crippen molar-refractivity contribution in [1.29, 1.82) is 0 Å². The van der Waals surface area contributed by atoms with Crippen molar-refractivity contribution in [3.05, 3.63) is 30.0 Å². The first-order valence-electron chi connectivity index (χ1n) is 6.92. The molecule has 1 aliphatic rings. The average molecular weight is 275 g/mol. The van der Waals surface area contributed by atoms with Gasteiger partial charge in [0.2, 0.25) is 0 Å². The van der Waals surface area contributed by atoms with Crippen LogP contribution in [0, 0.1) is 0 Å². The Labute approximate surface area is 119 Å². The van der Waals surface area contributed by atoms with Crippen molar-refractivity contribution >= 4 is 17.9 Å². The molecule has 1 saturated heterocycles. The molecule has 1 aromatic heterocycles. The summed E-state index contributed by atoms with van der Waals surface area (Å²) in [5, 5.41) is 8.58. The Balaban J connectivity index is 1.96. The summed E-state index contributed by atoms with van der Waals surface area (Å²) in [5.41, 5.74) is 0.803. The molecule has 0 unspecified atom stereocenters. The summed E-state index contributed by atoms with van der Waals surface area (Å²) in [5.74, 6) is 0.0137. The van der Waals surface area contributed by atoms with E-state index in [1.165, 1.54) is 0 Å². The van der Waals surface area contributed by atoms with Crippen LogP contribution in [0.1, 0.15) is 19.4 Å². The maximum atomic E-state index is 10.5. The van der Waals surface area contributed by atoms with E-state index < -0.39 is 5.97 Å². The zero-order valence-electron chi connectivity index (χ0n) is 12.0. The van der Waals surface area contributed by atoms with Gasteiger partial charge < -0.3 is 10.0 Å². The highest BCUT2D eigenvalue weighted by Crippen LogP contribution is 2.15. The van der Waals surface area contributed by atoms with Crippen LogP contribution in [0.2, 0.25) is 0 Å². The van der Waals surface area contributed by atoms with E-state index in [1.54, 1.807) is 12.3 Å². The molecule has 1 aromatic rings. The number of aliphatic carboxylic acids is 1. The summed E-state index contributed by atoms with van der Waals surface area (Å²) in [7, 11) is 0. The second kappa shape index (κ2) is 6.52. The fourth-order valence-electron chi connectivity index (χ4n) is 2.32. The highest BCUT2D eigenvalue weighted by molar-refractivity contribution is 5.85. The minimum Gasteiger partial charge on any atom is -0.478 e. The summed E-state index contributed by atoms with van der Waals surface area (Å²) in [6, 6.07) is 4.44. The normalized spacial score (nSPS) is 17.1. The third-order valence-corrected chi connectivity index (χ3v) is 3.56. The second-order valence-electron chi connectivity index (χ2n) is 5.24. The van der Waals surface area contributed by atoms with Gasteiger partial charge in [0.25, 0.3) is 0 Å². The van der Waals surface area contributed by atoms with Crippen LogP contribution in [0.5, 0.6) is 0 Å². The Morgan fingerprint density at radius 1 is 1.30 bits per heavy atom. The standard InChI is InChI=1S/C15H21N3O2/c1-12(2)17-7-9-18(10-8-17)14-5-3-13(11-16-14)4-6-15(19)20/h3-6,11-12H,7-10H2,1-2H3,(H,19,20)/b6-4+. The molecule has 20 heavy (non-hydrogen) atoms. The molecule has 2 heterocycles. The lowest BCUT2D eigenvalue weighted by molar-refractivity contribution is -0.131. The van der Waals surface area contributed by atoms with Crippen molar-refractivity contribution in [3.8, 4) is 0 Å². The van der Waals surface area contributed by atoms with Crippen molar-refractivity contribution in [2.45, 2.75) is 19.9 Å². The summed E-state index contributed by atoms with van der Waals surface area (Å²) >= 11 is 0. The number of carboxylic acids is 1. The molecule has 1 fully saturated rings. The molecule has 0 saturated carbocycles. The molecule has 5 nitrogen and oxygen atoms in total. The van der Waals surface area contributed by atoms with E-state index in [9.17, 15) is 4.79 Å². The van der Waals surface area contributed by atoms with Crippen LogP contribution < -0.4 is 4.90 Å². The maximum Gasteiger partial charge on any atom is 0.328 e. The Morgan fingerprint density at radius 2 is 2.00 bits per heavy atom. The Hall–Kier alpha value is -1.88. The Bertz CT molecular complexity index is 474. The van der Waals surface area contributed by atoms with Gasteiger partial charge in [0.15, 0.2) is 0 Å². The van der Waals surface area contributed by atoms with Gasteiger partial charge in [-0.15, -0.1) is 0 Å². The van der Waals surface area contributed by atoms with Crippen molar-refractivity contribution in [3.63, 3.8) is 0 Å². The van der Waals surface area contributed by atoms with Crippen molar-refractivity contribution < 1.29 is 9.90 Å². The van der Waals surface area contributed by atoms with Gasteiger partial charge in [-0.05, 0) is 37.6 Å². The van der Waals surface area contributed by atoms with E-state index in [0.717, 1.165) is 43.6 Å². The molecule has 1 aliphatic heterocycles. The number of nitrogens with zero attached hydrogens (tertiary/aromatic N) is 3. The largest absolute Gasteiger partial charge is 0.478 e. The molecule has 0 spiro atoms. The fourth-order valence-corrected chi connectivity index (χ4v) is 2.32. The molecule has 0 bridgehead atoms. The van der Waals surface area contributed by atoms with Gasteiger partial charge in [-0.3, -0.25) is 4.90 Å². The van der Waals surface area contributed by atoms with Crippen molar-refractivity contribution in [2.24, 2.45) is 0 Å². The second-order valence-corrected chi connectivity index (χ2v) is 5.24. The Kier molecular flexibility index (Phi) is 4.74. The zero-order valence-corrected chi connectivity index (χ0v) is 12.0. The van der Waals surface area contributed by atoms with Crippen molar-refractivity contribution in [1.82, 2.24) is 9.88 Å². The Morgan fingerprint density at radius 3 is 2.50 bits per heavy atom. The summed E-state index contributed by atoms with van der Waals surface area (Å²) in [6.07, 6.45) is 4.39. The third-order valence-electron chi connectivity index (χ3n) is 3.56. The van der Waals surface area contributed by atoms with E-state index in [-0.39, 0.29) is 0 Å². The van der Waals surface area contributed by atoms with Crippen LogP contribution in [-0.4, -0.2) is 53.2 Å². The van der Waals surface area contributed by atoms with Crippen LogP contribution in [0.4, 0.5) is 5.82 Å². The highest BCUT2D eigenvalue weighted by atomic mass is 16.4. The number of piperazine rings is 1. The number of carbonyl (C=O) groups is 1. The van der Waals surface area contributed by atoms with E-state index in [2.05, 4.69) is 28.6 Å². The minimum atomic E-state index is -0.945. The number of hydrogen-bond donors (Lipinski definition) is 1. The first-order valence-corrected chi connectivity index (χ1v) is 6.92. The summed E-state index contributed by atoms with van der Waals surface area (Å²) < 4.78 is 0. The number of rotatable bonds is 4. The van der Waals surface area contributed by atoms with Gasteiger partial charge in [0.05, 0.1) is 0 Å². The molecule has 1 N–H and O–H groups in total. The smallest absolute Gasteiger partial charge is 0.328 e. The topological polar surface area (TPSA) is 56.7 Å². The number of carboxylic acid groups (broad SMARTS) is 1. The molecule has 108 valence electrons. The third kappa shape index (κ3) is 3.81. The number of anilines is 1. The SMILES string of the molecule is CC(C)N1CCN(c2ccc(/C=C/C(=O)O)cn2)CC1. The van der Waals surface area contributed by atoms with Crippen molar-refractivity contribution in [2.75, 3.05) is 31.1 Å². The average Bonchev–Trinajstić information content (AvgIpc) is 2.46. The monoisotopic (exact) mass is 275 g/mol. The highest BCUT2D eigenvalue weighted by Gasteiger charge is 2.19. The van der Waals surface area contributed by atoms with E-state index in [0.29, 0.717) is 6.04 Å². The summed E-state index contributed by atoms with van der Waals surface area (Å²) in [4.78, 5) is 19.6. The lowest BCUT2D eigenvalue weighted by atomic mass is 10.2. The van der Waals surface area contributed by atoms with Gasteiger partial charge >= 0.3 is 5.97 Å². The molecule has 0 amide bonds. The molecular weight excluding hydrogens is 254 g/mol. The molecule has 0 radical (unpaired) electrons. The van der Waals surface area contributed by atoms with E-state index >= 15 is 0 Å². The lowest BCUT2D eigenvalue weighted by Crippen LogP contribution is -2.49. The lowest BCUT2D eigenvalue weighted by Gasteiger charge is -2.37. The van der Waals surface area contributed by atoms with Crippen LogP contribution in [0.25, 0.3) is 6.08 Å². The minimum absolute atomic E-state index is 0.591. The van der Waals surface area contributed by atoms with E-state index in [1.807, 2.05) is 12.1 Å². The first kappa shape index (κ1) is 14.5. The molecule has 0 aliphatic carbocycles. The summed E-state index contributed by atoms with van der Waals surface area (Å²) in [6.45, 7) is 8.51. The van der Waals surface area contributed by atoms with Crippen LogP contribution in [0.3, 0.4) is 0 Å². The zero-order chi connectivity index (χ0) is 14.5. The molecule has 0 atom stereocenters. The van der Waals surface area contributed by atoms with E-state index in [4.69, 9.17) is 5.11 Å². The van der Waals surface area contributed by atoms with Gasteiger partial charge in [0.1, 0.15) is 5.82 Å². The quantitative estimate of drug-likeness (QED) is 0.848. The van der Waals surface area contributed by atoms with Gasteiger partial charge in [0, 0.05) is 44.5 Å². The predicted molar refractivity (Wildman–Crippen MR) is 79.8 cm³/mol. The number of pyridine rings is 1. The fraction of sp³-hybridized carbons (Fsp3) is 0.467. The molecule has 0 aromatic carbocycles. The van der Waals surface area contributed by atoms with Gasteiger partial charge in [-0.2, -0.15) is 0 Å². The maximum absolute atomic E-state index is 10.5. The predicted octanol–water partition coefficient (Wildman–Crippen LogP) is 1.71. The molecule has 5 heteroatoms. The molecular formula is C15H21N3O2.